The molecule has 4 heteroatoms. The summed E-state index contributed by atoms with van der Waals surface area (Å²) in [5.41, 5.74) is 8.46. The number of carbonyl (C=O) groups excluding carboxylic acids is 1. The zero-order valence-electron chi connectivity index (χ0n) is 10.4. The Hall–Kier alpha value is -1.51. The summed E-state index contributed by atoms with van der Waals surface area (Å²) in [5, 5.41) is 1.00. The van der Waals surface area contributed by atoms with Crippen LogP contribution in [-0.4, -0.2) is 5.78 Å². The lowest BCUT2D eigenvalue weighted by atomic mass is 9.98. The van der Waals surface area contributed by atoms with Gasteiger partial charge in [-0.2, -0.15) is 0 Å². The molecule has 0 saturated heterocycles. The predicted octanol–water partition coefficient (Wildman–Crippen LogP) is 4.31. The van der Waals surface area contributed by atoms with Gasteiger partial charge in [-0.1, -0.05) is 41.4 Å². The van der Waals surface area contributed by atoms with E-state index in [9.17, 15) is 4.79 Å². The maximum Gasteiger partial charge on any atom is 0.167 e. The molecule has 98 valence electrons. The second kappa shape index (κ2) is 5.64. The normalized spacial score (nSPS) is 10.5. The number of Topliss-reactive ketones (excluding diaryl/α,β-unsaturated/α-hetero) is 1. The van der Waals surface area contributed by atoms with Crippen molar-refractivity contribution < 1.29 is 4.79 Å². The number of hydrogen-bond acceptors (Lipinski definition) is 2. The molecule has 0 bridgehead atoms. The highest BCUT2D eigenvalue weighted by atomic mass is 35.5. The first kappa shape index (κ1) is 13.9. The molecule has 0 fully saturated rings. The lowest BCUT2D eigenvalue weighted by molar-refractivity contribution is 0.0992. The van der Waals surface area contributed by atoms with E-state index >= 15 is 0 Å². The molecule has 0 aliphatic heterocycles. The number of ketones is 1. The van der Waals surface area contributed by atoms with E-state index in [1.807, 2.05) is 6.92 Å². The summed E-state index contributed by atoms with van der Waals surface area (Å²) in [4.78, 5) is 12.3. The molecule has 2 rings (SSSR count). The van der Waals surface area contributed by atoms with E-state index in [1.165, 1.54) is 0 Å². The molecule has 0 atom stereocenters. The molecule has 2 aromatic carbocycles. The first-order chi connectivity index (χ1) is 9.00. The van der Waals surface area contributed by atoms with Gasteiger partial charge in [-0.15, -0.1) is 0 Å². The van der Waals surface area contributed by atoms with Gasteiger partial charge in [-0.05, 0) is 36.2 Å². The van der Waals surface area contributed by atoms with Crippen molar-refractivity contribution in [3.05, 3.63) is 63.1 Å². The van der Waals surface area contributed by atoms with Gasteiger partial charge in [0.2, 0.25) is 0 Å². The lowest BCUT2D eigenvalue weighted by Crippen LogP contribution is -2.08. The quantitative estimate of drug-likeness (QED) is 0.677. The Morgan fingerprint density at radius 3 is 2.32 bits per heavy atom. The highest BCUT2D eigenvalue weighted by molar-refractivity contribution is 6.36. The van der Waals surface area contributed by atoms with Crippen LogP contribution in [0.25, 0.3) is 0 Å². The monoisotopic (exact) mass is 293 g/mol. The van der Waals surface area contributed by atoms with Crippen molar-refractivity contribution in [2.75, 3.05) is 5.73 Å². The van der Waals surface area contributed by atoms with Crippen LogP contribution >= 0.6 is 23.2 Å². The molecular weight excluding hydrogens is 281 g/mol. The fourth-order valence-corrected chi connectivity index (χ4v) is 2.44. The van der Waals surface area contributed by atoms with Crippen LogP contribution < -0.4 is 5.73 Å². The van der Waals surface area contributed by atoms with Gasteiger partial charge in [0.05, 0.1) is 0 Å². The van der Waals surface area contributed by atoms with Crippen molar-refractivity contribution in [3.63, 3.8) is 0 Å². The second-order valence-corrected chi connectivity index (χ2v) is 5.13. The molecule has 2 nitrogen and oxygen atoms in total. The van der Waals surface area contributed by atoms with Crippen molar-refractivity contribution in [3.8, 4) is 0 Å². The molecule has 0 amide bonds. The van der Waals surface area contributed by atoms with Gasteiger partial charge >= 0.3 is 0 Å². The summed E-state index contributed by atoms with van der Waals surface area (Å²) in [6.07, 6.45) is 0.169. The minimum atomic E-state index is -0.0419. The summed E-state index contributed by atoms with van der Waals surface area (Å²) in [7, 11) is 0. The Labute approximate surface area is 122 Å². The largest absolute Gasteiger partial charge is 0.398 e. The van der Waals surface area contributed by atoms with Gasteiger partial charge in [-0.25, -0.2) is 0 Å². The van der Waals surface area contributed by atoms with Crippen molar-refractivity contribution in [2.45, 2.75) is 13.3 Å². The zero-order valence-corrected chi connectivity index (χ0v) is 11.9. The van der Waals surface area contributed by atoms with Gasteiger partial charge in [0, 0.05) is 27.7 Å². The van der Waals surface area contributed by atoms with Crippen LogP contribution in [0, 0.1) is 6.92 Å². The molecule has 19 heavy (non-hydrogen) atoms. The molecule has 2 aromatic rings. The van der Waals surface area contributed by atoms with E-state index in [-0.39, 0.29) is 12.2 Å². The highest BCUT2D eigenvalue weighted by Crippen LogP contribution is 2.26. The van der Waals surface area contributed by atoms with Crippen LogP contribution in [-0.2, 0) is 6.42 Å². The third-order valence-corrected chi connectivity index (χ3v) is 3.78. The van der Waals surface area contributed by atoms with E-state index < -0.39 is 0 Å². The number of rotatable bonds is 3. The fraction of sp³-hybridized carbons (Fsp3) is 0.133. The van der Waals surface area contributed by atoms with Crippen molar-refractivity contribution in [1.82, 2.24) is 0 Å². The Morgan fingerprint density at radius 2 is 1.68 bits per heavy atom. The van der Waals surface area contributed by atoms with E-state index in [2.05, 4.69) is 0 Å². The third-order valence-electron chi connectivity index (χ3n) is 3.08. The molecule has 0 radical (unpaired) electrons. The number of benzene rings is 2. The van der Waals surface area contributed by atoms with Crippen LogP contribution in [0.5, 0.6) is 0 Å². The fourth-order valence-electron chi connectivity index (χ4n) is 1.91. The van der Waals surface area contributed by atoms with E-state index in [4.69, 9.17) is 28.9 Å². The molecule has 0 aromatic heterocycles. The lowest BCUT2D eigenvalue weighted by Gasteiger charge is -2.09. The van der Waals surface area contributed by atoms with Crippen LogP contribution in [0.2, 0.25) is 10.0 Å². The Morgan fingerprint density at radius 1 is 1.11 bits per heavy atom. The van der Waals surface area contributed by atoms with E-state index in [0.29, 0.717) is 26.9 Å². The van der Waals surface area contributed by atoms with Crippen molar-refractivity contribution in [1.29, 1.82) is 0 Å². The summed E-state index contributed by atoms with van der Waals surface area (Å²) >= 11 is 12.1. The average Bonchev–Trinajstić information content (AvgIpc) is 2.37. The van der Waals surface area contributed by atoms with Crippen LogP contribution in [0.1, 0.15) is 21.5 Å². The first-order valence-electron chi connectivity index (χ1n) is 5.82. The highest BCUT2D eigenvalue weighted by Gasteiger charge is 2.15. The van der Waals surface area contributed by atoms with E-state index in [1.54, 1.807) is 36.4 Å². The third kappa shape index (κ3) is 2.91. The molecule has 2 N–H and O–H groups in total. The van der Waals surface area contributed by atoms with Gasteiger partial charge in [-0.3, -0.25) is 4.79 Å². The van der Waals surface area contributed by atoms with Gasteiger partial charge in [0.25, 0.3) is 0 Å². The summed E-state index contributed by atoms with van der Waals surface area (Å²) in [6, 6.07) is 10.5. The van der Waals surface area contributed by atoms with Crippen LogP contribution in [0.15, 0.2) is 36.4 Å². The zero-order chi connectivity index (χ0) is 14.0. The molecule has 0 spiro atoms. The minimum Gasteiger partial charge on any atom is -0.398 e. The van der Waals surface area contributed by atoms with Gasteiger partial charge in [0.1, 0.15) is 0 Å². The number of nitrogens with two attached hydrogens (primary N) is 1. The number of anilines is 1. The molecule has 0 aliphatic rings. The first-order valence-corrected chi connectivity index (χ1v) is 6.57. The molecular formula is C15H13Cl2NO. The van der Waals surface area contributed by atoms with Crippen molar-refractivity contribution in [2.24, 2.45) is 0 Å². The Balaban J connectivity index is 2.34. The molecule has 0 saturated carbocycles. The standard InChI is InChI=1S/C15H13Cl2NO/c1-9-10(4-2-7-14(9)18)15(19)8-11-12(16)5-3-6-13(11)17/h2-7H,8,18H2,1H3. The van der Waals surface area contributed by atoms with Crippen LogP contribution in [0.3, 0.4) is 0 Å². The minimum absolute atomic E-state index is 0.0419. The Kier molecular flexibility index (Phi) is 4.13. The summed E-state index contributed by atoms with van der Waals surface area (Å²) in [6.45, 7) is 1.83. The summed E-state index contributed by atoms with van der Waals surface area (Å²) < 4.78 is 0. The maximum absolute atomic E-state index is 12.3. The van der Waals surface area contributed by atoms with Crippen LogP contribution in [0.4, 0.5) is 5.69 Å². The topological polar surface area (TPSA) is 43.1 Å². The molecule has 0 aliphatic carbocycles. The molecule has 0 unspecified atom stereocenters. The van der Waals surface area contributed by atoms with Crippen molar-refractivity contribution >= 4 is 34.7 Å². The smallest absolute Gasteiger partial charge is 0.167 e. The SMILES string of the molecule is Cc1c(N)cccc1C(=O)Cc1c(Cl)cccc1Cl. The van der Waals surface area contributed by atoms with Gasteiger partial charge < -0.3 is 5.73 Å². The van der Waals surface area contributed by atoms with E-state index in [0.717, 1.165) is 5.56 Å². The Bertz CT molecular complexity index is 618. The number of hydrogen-bond donors (Lipinski definition) is 1. The number of halogens is 2. The predicted molar refractivity (Wildman–Crippen MR) is 80.1 cm³/mol. The van der Waals surface area contributed by atoms with Gasteiger partial charge in [0.15, 0.2) is 5.78 Å². The average molecular weight is 294 g/mol. The summed E-state index contributed by atoms with van der Waals surface area (Å²) in [5.74, 6) is -0.0419. The molecule has 0 heterocycles. The maximum atomic E-state index is 12.3. The number of nitrogen functional groups attached to an aromatic ring is 1. The number of carbonyl (C=O) groups is 1. The second-order valence-electron chi connectivity index (χ2n) is 4.32.